The first kappa shape index (κ1) is 15.7. The van der Waals surface area contributed by atoms with Gasteiger partial charge in [-0.15, -0.1) is 0 Å². The lowest BCUT2D eigenvalue weighted by Gasteiger charge is -2.34. The van der Waals surface area contributed by atoms with E-state index in [2.05, 4.69) is 32.0 Å². The van der Waals surface area contributed by atoms with Crippen molar-refractivity contribution < 1.29 is 4.39 Å². The maximum absolute atomic E-state index is 13.0. The summed E-state index contributed by atoms with van der Waals surface area (Å²) in [6.45, 7) is 9.18. The first-order valence-corrected chi connectivity index (χ1v) is 7.99. The monoisotopic (exact) mass is 315 g/mol. The fourth-order valence-corrected chi connectivity index (χ4v) is 2.70. The number of hydrogen-bond acceptors (Lipinski definition) is 5. The number of halogens is 1. The Balaban J connectivity index is 1.75. The molecule has 0 atom stereocenters. The highest BCUT2D eigenvalue weighted by Gasteiger charge is 2.18. The fourth-order valence-electron chi connectivity index (χ4n) is 2.70. The molecule has 0 bridgehead atoms. The van der Waals surface area contributed by atoms with Gasteiger partial charge in [-0.25, -0.2) is 9.37 Å². The molecule has 6 heteroatoms. The molecule has 1 aliphatic heterocycles. The number of anilines is 3. The smallest absolute Gasteiger partial charge is 0.227 e. The van der Waals surface area contributed by atoms with Gasteiger partial charge in [0.25, 0.3) is 0 Å². The standard InChI is InChI=1S/C17H22FN5/c1-3-22-8-10-23(11-9-22)17-19-13(2)12-16(21-17)20-15-6-4-14(18)5-7-15/h4-7,12H,3,8-11H2,1-2H3,(H,19,20,21). The summed E-state index contributed by atoms with van der Waals surface area (Å²) in [5.74, 6) is 1.24. The number of nitrogens with one attached hydrogen (secondary N) is 1. The summed E-state index contributed by atoms with van der Waals surface area (Å²) < 4.78 is 13.0. The van der Waals surface area contributed by atoms with Crippen molar-refractivity contribution in [2.75, 3.05) is 42.9 Å². The van der Waals surface area contributed by atoms with E-state index in [-0.39, 0.29) is 5.82 Å². The summed E-state index contributed by atoms with van der Waals surface area (Å²) in [7, 11) is 0. The van der Waals surface area contributed by atoms with Crippen LogP contribution in [0.15, 0.2) is 30.3 Å². The first-order chi connectivity index (χ1) is 11.1. The third kappa shape index (κ3) is 3.96. The highest BCUT2D eigenvalue weighted by Crippen LogP contribution is 2.19. The molecule has 0 saturated carbocycles. The Bertz CT molecular complexity index is 651. The van der Waals surface area contributed by atoms with Crippen LogP contribution in [-0.2, 0) is 0 Å². The summed E-state index contributed by atoms with van der Waals surface area (Å²) in [4.78, 5) is 13.8. The van der Waals surface area contributed by atoms with Gasteiger partial charge in [-0.1, -0.05) is 6.92 Å². The molecule has 1 N–H and O–H groups in total. The van der Waals surface area contributed by atoms with Gasteiger partial charge in [0.2, 0.25) is 5.95 Å². The van der Waals surface area contributed by atoms with Gasteiger partial charge in [0.05, 0.1) is 0 Å². The topological polar surface area (TPSA) is 44.3 Å². The van der Waals surface area contributed by atoms with Crippen molar-refractivity contribution in [1.82, 2.24) is 14.9 Å². The molecule has 2 aromatic rings. The van der Waals surface area contributed by atoms with Gasteiger partial charge >= 0.3 is 0 Å². The van der Waals surface area contributed by atoms with Crippen molar-refractivity contribution in [2.24, 2.45) is 0 Å². The Morgan fingerprint density at radius 1 is 1.09 bits per heavy atom. The van der Waals surface area contributed by atoms with E-state index < -0.39 is 0 Å². The van der Waals surface area contributed by atoms with E-state index in [1.807, 2.05) is 13.0 Å². The van der Waals surface area contributed by atoms with Crippen LogP contribution in [0.2, 0.25) is 0 Å². The Labute approximate surface area is 136 Å². The van der Waals surface area contributed by atoms with Crippen molar-refractivity contribution in [3.63, 3.8) is 0 Å². The van der Waals surface area contributed by atoms with Gasteiger partial charge in [-0.3, -0.25) is 0 Å². The fraction of sp³-hybridized carbons (Fsp3) is 0.412. The number of hydrogen-bond donors (Lipinski definition) is 1. The van der Waals surface area contributed by atoms with Crippen LogP contribution >= 0.6 is 0 Å². The molecule has 2 heterocycles. The second-order valence-electron chi connectivity index (χ2n) is 5.75. The number of benzene rings is 1. The predicted octanol–water partition coefficient (Wildman–Crippen LogP) is 2.81. The van der Waals surface area contributed by atoms with Crippen LogP contribution in [0.1, 0.15) is 12.6 Å². The minimum Gasteiger partial charge on any atom is -0.340 e. The van der Waals surface area contributed by atoms with Crippen LogP contribution < -0.4 is 10.2 Å². The van der Waals surface area contributed by atoms with Crippen LogP contribution in [0, 0.1) is 12.7 Å². The zero-order chi connectivity index (χ0) is 16.2. The molecule has 122 valence electrons. The molecule has 1 aromatic heterocycles. The molecular weight excluding hydrogens is 293 g/mol. The molecule has 1 aliphatic rings. The van der Waals surface area contributed by atoms with E-state index in [4.69, 9.17) is 0 Å². The summed E-state index contributed by atoms with van der Waals surface area (Å²) in [6.07, 6.45) is 0. The average Bonchev–Trinajstić information content (AvgIpc) is 2.56. The van der Waals surface area contributed by atoms with Crippen molar-refractivity contribution in [1.29, 1.82) is 0 Å². The molecule has 1 aromatic carbocycles. The zero-order valence-corrected chi connectivity index (χ0v) is 13.6. The minimum absolute atomic E-state index is 0.246. The molecule has 0 spiro atoms. The van der Waals surface area contributed by atoms with Gasteiger partial charge in [0.1, 0.15) is 11.6 Å². The zero-order valence-electron chi connectivity index (χ0n) is 13.6. The SMILES string of the molecule is CCN1CCN(c2nc(C)cc(Nc3ccc(F)cc3)n2)CC1. The molecule has 0 unspecified atom stereocenters. The third-order valence-electron chi connectivity index (χ3n) is 4.06. The minimum atomic E-state index is -0.246. The van der Waals surface area contributed by atoms with Gasteiger partial charge in [-0.05, 0) is 37.7 Å². The molecule has 1 saturated heterocycles. The number of piperazine rings is 1. The lowest BCUT2D eigenvalue weighted by molar-refractivity contribution is 0.270. The van der Waals surface area contributed by atoms with Gasteiger partial charge < -0.3 is 15.1 Å². The third-order valence-corrected chi connectivity index (χ3v) is 4.06. The maximum Gasteiger partial charge on any atom is 0.227 e. The summed E-state index contributed by atoms with van der Waals surface area (Å²) in [6, 6.07) is 8.16. The van der Waals surface area contributed by atoms with E-state index >= 15 is 0 Å². The van der Waals surface area contributed by atoms with Crippen LogP contribution in [0.5, 0.6) is 0 Å². The van der Waals surface area contributed by atoms with Crippen molar-refractivity contribution in [3.8, 4) is 0 Å². The molecule has 0 amide bonds. The second kappa shape index (κ2) is 6.91. The second-order valence-corrected chi connectivity index (χ2v) is 5.75. The van der Waals surface area contributed by atoms with Crippen LogP contribution in [0.25, 0.3) is 0 Å². The first-order valence-electron chi connectivity index (χ1n) is 7.99. The quantitative estimate of drug-likeness (QED) is 0.940. The van der Waals surface area contributed by atoms with Crippen LogP contribution in [0.3, 0.4) is 0 Å². The lowest BCUT2D eigenvalue weighted by Crippen LogP contribution is -2.46. The van der Waals surface area contributed by atoms with Gasteiger partial charge in [-0.2, -0.15) is 4.98 Å². The van der Waals surface area contributed by atoms with Gasteiger partial charge in [0.15, 0.2) is 0 Å². The van der Waals surface area contributed by atoms with Crippen molar-refractivity contribution >= 4 is 17.5 Å². The van der Waals surface area contributed by atoms with Crippen molar-refractivity contribution in [2.45, 2.75) is 13.8 Å². The molecule has 1 fully saturated rings. The normalized spacial score (nSPS) is 15.7. The predicted molar refractivity (Wildman–Crippen MR) is 90.8 cm³/mol. The largest absolute Gasteiger partial charge is 0.340 e. The van der Waals surface area contributed by atoms with E-state index in [0.29, 0.717) is 0 Å². The molecule has 0 radical (unpaired) electrons. The Morgan fingerprint density at radius 3 is 2.43 bits per heavy atom. The number of rotatable bonds is 4. The number of aromatic nitrogens is 2. The molecule has 0 aliphatic carbocycles. The molecule has 23 heavy (non-hydrogen) atoms. The molecular formula is C17H22FN5. The average molecular weight is 315 g/mol. The summed E-state index contributed by atoms with van der Waals surface area (Å²) >= 11 is 0. The summed E-state index contributed by atoms with van der Waals surface area (Å²) in [5, 5.41) is 3.22. The highest BCUT2D eigenvalue weighted by atomic mass is 19.1. The van der Waals surface area contributed by atoms with Crippen molar-refractivity contribution in [3.05, 3.63) is 41.8 Å². The maximum atomic E-state index is 13.0. The number of aryl methyl sites for hydroxylation is 1. The van der Waals surface area contributed by atoms with E-state index in [9.17, 15) is 4.39 Å². The lowest BCUT2D eigenvalue weighted by atomic mass is 10.3. The van der Waals surface area contributed by atoms with Crippen LogP contribution in [0.4, 0.5) is 21.8 Å². The number of nitrogens with zero attached hydrogens (tertiary/aromatic N) is 4. The van der Waals surface area contributed by atoms with E-state index in [0.717, 1.165) is 55.9 Å². The Morgan fingerprint density at radius 2 is 1.78 bits per heavy atom. The highest BCUT2D eigenvalue weighted by molar-refractivity contribution is 5.57. The van der Waals surface area contributed by atoms with E-state index in [1.54, 1.807) is 12.1 Å². The van der Waals surface area contributed by atoms with E-state index in [1.165, 1.54) is 12.1 Å². The Hall–Kier alpha value is -2.21. The number of likely N-dealkylation sites (N-methyl/N-ethyl adjacent to an activating group) is 1. The van der Waals surface area contributed by atoms with Crippen LogP contribution in [-0.4, -0.2) is 47.6 Å². The molecule has 3 rings (SSSR count). The molecule has 5 nitrogen and oxygen atoms in total. The Kier molecular flexibility index (Phi) is 4.71. The van der Waals surface area contributed by atoms with Gasteiger partial charge in [0, 0.05) is 43.6 Å². The summed E-state index contributed by atoms with van der Waals surface area (Å²) in [5.41, 5.74) is 1.73.